The van der Waals surface area contributed by atoms with Gasteiger partial charge in [-0.3, -0.25) is 0 Å². The molecule has 0 spiro atoms. The molecule has 2 rings (SSSR count). The Morgan fingerprint density at radius 3 is 2.47 bits per heavy atom. The second kappa shape index (κ2) is 6.88. The summed E-state index contributed by atoms with van der Waals surface area (Å²) in [6.45, 7) is 4.51. The van der Waals surface area contributed by atoms with Gasteiger partial charge in [0.2, 0.25) is 0 Å². The van der Waals surface area contributed by atoms with Gasteiger partial charge in [-0.2, -0.15) is 0 Å². The Hall–Kier alpha value is -1.12. The maximum atomic E-state index is 4.79. The molecule has 106 valence electrons. The highest BCUT2D eigenvalue weighted by Gasteiger charge is 2.23. The van der Waals surface area contributed by atoms with Gasteiger partial charge in [-0.15, -0.1) is 0 Å². The SMILES string of the molecule is CCCc1cc(NC)nc(C2CCC(CC)CC2)n1. The van der Waals surface area contributed by atoms with Crippen LogP contribution in [-0.4, -0.2) is 17.0 Å². The topological polar surface area (TPSA) is 37.8 Å². The molecule has 0 radical (unpaired) electrons. The summed E-state index contributed by atoms with van der Waals surface area (Å²) in [6.07, 6.45) is 8.73. The van der Waals surface area contributed by atoms with E-state index in [9.17, 15) is 0 Å². The zero-order valence-electron chi connectivity index (χ0n) is 12.6. The van der Waals surface area contributed by atoms with Crippen molar-refractivity contribution in [3.05, 3.63) is 17.6 Å². The minimum absolute atomic E-state index is 0.576. The van der Waals surface area contributed by atoms with Crippen LogP contribution in [0.3, 0.4) is 0 Å². The first-order chi connectivity index (χ1) is 9.26. The van der Waals surface area contributed by atoms with E-state index in [0.29, 0.717) is 5.92 Å². The average molecular weight is 261 g/mol. The number of nitrogens with one attached hydrogen (secondary N) is 1. The van der Waals surface area contributed by atoms with Gasteiger partial charge in [0.25, 0.3) is 0 Å². The second-order valence-corrected chi connectivity index (χ2v) is 5.73. The van der Waals surface area contributed by atoms with Crippen LogP contribution in [-0.2, 0) is 6.42 Å². The normalized spacial score (nSPS) is 23.3. The fourth-order valence-electron chi connectivity index (χ4n) is 3.04. The molecular formula is C16H27N3. The molecule has 0 amide bonds. The fraction of sp³-hybridized carbons (Fsp3) is 0.750. The molecule has 1 aromatic rings. The molecule has 1 aliphatic rings. The summed E-state index contributed by atoms with van der Waals surface area (Å²) >= 11 is 0. The fourth-order valence-corrected chi connectivity index (χ4v) is 3.04. The smallest absolute Gasteiger partial charge is 0.134 e. The minimum atomic E-state index is 0.576. The molecule has 1 aromatic heterocycles. The van der Waals surface area contributed by atoms with Crippen LogP contribution < -0.4 is 5.32 Å². The lowest BCUT2D eigenvalue weighted by atomic mass is 9.80. The summed E-state index contributed by atoms with van der Waals surface area (Å²) in [5, 5.41) is 3.17. The Morgan fingerprint density at radius 1 is 1.16 bits per heavy atom. The minimum Gasteiger partial charge on any atom is -0.373 e. The Kier molecular flexibility index (Phi) is 5.17. The molecule has 0 aromatic carbocycles. The Labute approximate surface area is 117 Å². The van der Waals surface area contributed by atoms with Crippen LogP contribution in [0.15, 0.2) is 6.07 Å². The third kappa shape index (κ3) is 3.68. The van der Waals surface area contributed by atoms with Crippen LogP contribution in [0.25, 0.3) is 0 Å². The molecule has 0 atom stereocenters. The van der Waals surface area contributed by atoms with E-state index in [2.05, 4.69) is 30.2 Å². The maximum Gasteiger partial charge on any atom is 0.134 e. The van der Waals surface area contributed by atoms with Crippen LogP contribution in [0.1, 0.15) is 69.8 Å². The van der Waals surface area contributed by atoms with Gasteiger partial charge in [-0.25, -0.2) is 9.97 Å². The Morgan fingerprint density at radius 2 is 1.89 bits per heavy atom. The number of nitrogens with zero attached hydrogens (tertiary/aromatic N) is 2. The van der Waals surface area contributed by atoms with Crippen molar-refractivity contribution in [2.45, 2.75) is 64.7 Å². The van der Waals surface area contributed by atoms with E-state index in [-0.39, 0.29) is 0 Å². The number of aromatic nitrogens is 2. The van der Waals surface area contributed by atoms with Crippen molar-refractivity contribution < 1.29 is 0 Å². The molecule has 3 heteroatoms. The van der Waals surface area contributed by atoms with Gasteiger partial charge in [-0.05, 0) is 38.0 Å². The average Bonchev–Trinajstić information content (AvgIpc) is 2.47. The zero-order chi connectivity index (χ0) is 13.7. The molecule has 0 saturated heterocycles. The van der Waals surface area contributed by atoms with Gasteiger partial charge in [0.1, 0.15) is 11.6 Å². The molecule has 0 unspecified atom stereocenters. The molecule has 1 aliphatic carbocycles. The molecule has 1 fully saturated rings. The van der Waals surface area contributed by atoms with Crippen LogP contribution in [0.4, 0.5) is 5.82 Å². The van der Waals surface area contributed by atoms with Crippen molar-refractivity contribution in [3.63, 3.8) is 0 Å². The quantitative estimate of drug-likeness (QED) is 0.865. The Bertz CT molecular complexity index is 395. The standard InChI is InChI=1S/C16H27N3/c1-4-6-14-11-15(17-3)19-16(18-14)13-9-7-12(5-2)8-10-13/h11-13H,4-10H2,1-3H3,(H,17,18,19). The number of rotatable bonds is 5. The van der Waals surface area contributed by atoms with E-state index in [0.717, 1.165) is 30.4 Å². The highest BCUT2D eigenvalue weighted by molar-refractivity contribution is 5.35. The van der Waals surface area contributed by atoms with Crippen LogP contribution in [0.5, 0.6) is 0 Å². The number of anilines is 1. The third-order valence-corrected chi connectivity index (χ3v) is 4.35. The van der Waals surface area contributed by atoms with Crippen LogP contribution in [0, 0.1) is 5.92 Å². The molecule has 19 heavy (non-hydrogen) atoms. The lowest BCUT2D eigenvalue weighted by molar-refractivity contribution is 0.312. The van der Waals surface area contributed by atoms with E-state index in [1.54, 1.807) is 0 Å². The van der Waals surface area contributed by atoms with Gasteiger partial charge in [0.05, 0.1) is 0 Å². The molecule has 1 saturated carbocycles. The van der Waals surface area contributed by atoms with Crippen molar-refractivity contribution in [3.8, 4) is 0 Å². The predicted molar refractivity (Wildman–Crippen MR) is 80.6 cm³/mol. The van der Waals surface area contributed by atoms with Gasteiger partial charge >= 0.3 is 0 Å². The lowest BCUT2D eigenvalue weighted by Crippen LogP contribution is -2.16. The summed E-state index contributed by atoms with van der Waals surface area (Å²) in [4.78, 5) is 9.48. The molecule has 3 nitrogen and oxygen atoms in total. The second-order valence-electron chi connectivity index (χ2n) is 5.73. The predicted octanol–water partition coefficient (Wildman–Crippen LogP) is 4.15. The summed E-state index contributed by atoms with van der Waals surface area (Å²) in [6, 6.07) is 2.09. The largest absolute Gasteiger partial charge is 0.373 e. The monoisotopic (exact) mass is 261 g/mol. The zero-order valence-corrected chi connectivity index (χ0v) is 12.6. The molecular weight excluding hydrogens is 234 g/mol. The summed E-state index contributed by atoms with van der Waals surface area (Å²) < 4.78 is 0. The summed E-state index contributed by atoms with van der Waals surface area (Å²) in [5.41, 5.74) is 1.19. The van der Waals surface area contributed by atoms with Crippen molar-refractivity contribution in [1.82, 2.24) is 9.97 Å². The van der Waals surface area contributed by atoms with Gasteiger partial charge in [-0.1, -0.05) is 26.7 Å². The maximum absolute atomic E-state index is 4.79. The highest BCUT2D eigenvalue weighted by atomic mass is 15.0. The first-order valence-electron chi connectivity index (χ1n) is 7.82. The van der Waals surface area contributed by atoms with E-state index < -0.39 is 0 Å². The summed E-state index contributed by atoms with van der Waals surface area (Å²) in [7, 11) is 1.94. The van der Waals surface area contributed by atoms with Crippen LogP contribution >= 0.6 is 0 Å². The van der Waals surface area contributed by atoms with Crippen molar-refractivity contribution in [2.75, 3.05) is 12.4 Å². The van der Waals surface area contributed by atoms with Gasteiger partial charge in [0, 0.05) is 24.7 Å². The number of aryl methyl sites for hydroxylation is 1. The van der Waals surface area contributed by atoms with Crippen molar-refractivity contribution >= 4 is 5.82 Å². The Balaban J connectivity index is 2.12. The van der Waals surface area contributed by atoms with Crippen molar-refractivity contribution in [1.29, 1.82) is 0 Å². The van der Waals surface area contributed by atoms with E-state index >= 15 is 0 Å². The van der Waals surface area contributed by atoms with E-state index in [4.69, 9.17) is 4.98 Å². The van der Waals surface area contributed by atoms with Crippen LogP contribution in [0.2, 0.25) is 0 Å². The lowest BCUT2D eigenvalue weighted by Gasteiger charge is -2.27. The molecule has 0 bridgehead atoms. The number of hydrogen-bond acceptors (Lipinski definition) is 3. The molecule has 0 aliphatic heterocycles. The molecule has 1 N–H and O–H groups in total. The number of hydrogen-bond donors (Lipinski definition) is 1. The van der Waals surface area contributed by atoms with Gasteiger partial charge in [0.15, 0.2) is 0 Å². The van der Waals surface area contributed by atoms with E-state index in [1.807, 2.05) is 7.05 Å². The first-order valence-corrected chi connectivity index (χ1v) is 7.82. The molecule has 1 heterocycles. The van der Waals surface area contributed by atoms with Gasteiger partial charge < -0.3 is 5.32 Å². The van der Waals surface area contributed by atoms with E-state index in [1.165, 1.54) is 37.8 Å². The van der Waals surface area contributed by atoms with Crippen molar-refractivity contribution in [2.24, 2.45) is 5.92 Å². The third-order valence-electron chi connectivity index (χ3n) is 4.35. The first kappa shape index (κ1) is 14.3. The highest BCUT2D eigenvalue weighted by Crippen LogP contribution is 2.35. The summed E-state index contributed by atoms with van der Waals surface area (Å²) in [5.74, 6) is 3.56.